The van der Waals surface area contributed by atoms with Gasteiger partial charge in [-0.25, -0.2) is 0 Å². The number of ether oxygens (including phenoxy) is 2. The monoisotopic (exact) mass is 229 g/mol. The minimum Gasteiger partial charge on any atom is -0.349 e. The average Bonchev–Trinajstić information content (AvgIpc) is 2.27. The van der Waals surface area contributed by atoms with Crippen molar-refractivity contribution >= 4 is 11.6 Å². The van der Waals surface area contributed by atoms with Crippen molar-refractivity contribution in [2.24, 2.45) is 5.73 Å². The van der Waals surface area contributed by atoms with Crippen LogP contribution in [0.2, 0.25) is 5.02 Å². The molecule has 1 aromatic rings. The summed E-state index contributed by atoms with van der Waals surface area (Å²) >= 11 is 5.82. The van der Waals surface area contributed by atoms with Crippen LogP contribution < -0.4 is 5.73 Å². The third-order valence-electron chi connectivity index (χ3n) is 2.42. The molecule has 0 aliphatic heterocycles. The lowest BCUT2D eigenvalue weighted by atomic mass is 10.0. The Bertz CT molecular complexity index is 296. The van der Waals surface area contributed by atoms with E-state index in [4.69, 9.17) is 26.8 Å². The molecule has 1 aromatic carbocycles. The molecule has 0 radical (unpaired) electrons. The van der Waals surface area contributed by atoms with Gasteiger partial charge < -0.3 is 15.2 Å². The van der Waals surface area contributed by atoms with E-state index in [1.54, 1.807) is 26.4 Å². The molecule has 0 heterocycles. The molecule has 0 atom stereocenters. The normalized spacial score (nSPS) is 11.7. The van der Waals surface area contributed by atoms with Crippen molar-refractivity contribution in [1.82, 2.24) is 0 Å². The molecule has 0 saturated carbocycles. The summed E-state index contributed by atoms with van der Waals surface area (Å²) in [4.78, 5) is 0. The first-order valence-corrected chi connectivity index (χ1v) is 5.12. The molecule has 0 bridgehead atoms. The Kier molecular flexibility index (Phi) is 4.54. The zero-order chi connectivity index (χ0) is 11.3. The standard InChI is InChI=1S/C11H16ClNO2/c1-14-11(15-2,7-8-13)9-3-5-10(12)6-4-9/h3-6H,7-8,13H2,1-2H3. The van der Waals surface area contributed by atoms with Gasteiger partial charge in [-0.1, -0.05) is 23.7 Å². The number of nitrogens with two attached hydrogens (primary N) is 1. The van der Waals surface area contributed by atoms with Crippen molar-refractivity contribution in [2.75, 3.05) is 20.8 Å². The molecule has 0 aliphatic rings. The van der Waals surface area contributed by atoms with Crippen LogP contribution in [0.4, 0.5) is 0 Å². The van der Waals surface area contributed by atoms with Crippen LogP contribution in [0.15, 0.2) is 24.3 Å². The van der Waals surface area contributed by atoms with Gasteiger partial charge in [-0.2, -0.15) is 0 Å². The molecule has 2 N–H and O–H groups in total. The van der Waals surface area contributed by atoms with Gasteiger partial charge in [-0.05, 0) is 18.7 Å². The quantitative estimate of drug-likeness (QED) is 0.787. The van der Waals surface area contributed by atoms with E-state index >= 15 is 0 Å². The molecule has 1 rings (SSSR count). The number of hydrogen-bond acceptors (Lipinski definition) is 3. The fraction of sp³-hybridized carbons (Fsp3) is 0.455. The van der Waals surface area contributed by atoms with Crippen molar-refractivity contribution in [2.45, 2.75) is 12.2 Å². The third kappa shape index (κ3) is 2.69. The molecule has 4 heteroatoms. The molecular formula is C11H16ClNO2. The Hall–Kier alpha value is -0.610. The summed E-state index contributed by atoms with van der Waals surface area (Å²) in [6.07, 6.45) is 0.599. The first kappa shape index (κ1) is 12.5. The molecule has 0 fully saturated rings. The molecule has 0 spiro atoms. The minimum atomic E-state index is -0.765. The number of hydrogen-bond donors (Lipinski definition) is 1. The van der Waals surface area contributed by atoms with Gasteiger partial charge in [-0.3, -0.25) is 0 Å². The maximum atomic E-state index is 5.82. The van der Waals surface area contributed by atoms with Crippen LogP contribution in [0.25, 0.3) is 0 Å². The van der Waals surface area contributed by atoms with E-state index in [-0.39, 0.29) is 0 Å². The van der Waals surface area contributed by atoms with Crippen LogP contribution in [0.3, 0.4) is 0 Å². The predicted molar refractivity (Wildman–Crippen MR) is 60.8 cm³/mol. The van der Waals surface area contributed by atoms with Crippen LogP contribution in [-0.2, 0) is 15.3 Å². The van der Waals surface area contributed by atoms with Gasteiger partial charge in [-0.15, -0.1) is 0 Å². The van der Waals surface area contributed by atoms with E-state index in [0.29, 0.717) is 18.0 Å². The van der Waals surface area contributed by atoms with Gasteiger partial charge in [0.25, 0.3) is 0 Å². The largest absolute Gasteiger partial charge is 0.349 e. The topological polar surface area (TPSA) is 44.5 Å². The number of benzene rings is 1. The summed E-state index contributed by atoms with van der Waals surface area (Å²) in [7, 11) is 3.21. The highest BCUT2D eigenvalue weighted by molar-refractivity contribution is 6.30. The van der Waals surface area contributed by atoms with Crippen molar-refractivity contribution in [1.29, 1.82) is 0 Å². The van der Waals surface area contributed by atoms with E-state index in [2.05, 4.69) is 0 Å². The Balaban J connectivity index is 3.02. The minimum absolute atomic E-state index is 0.490. The van der Waals surface area contributed by atoms with Crippen molar-refractivity contribution in [3.05, 3.63) is 34.9 Å². The molecule has 0 aliphatic carbocycles. The van der Waals surface area contributed by atoms with Gasteiger partial charge in [0.1, 0.15) is 0 Å². The Labute approximate surface area is 95.1 Å². The second-order valence-electron chi connectivity index (χ2n) is 3.21. The lowest BCUT2D eigenvalue weighted by molar-refractivity contribution is -0.218. The van der Waals surface area contributed by atoms with Gasteiger partial charge in [0.2, 0.25) is 0 Å². The highest BCUT2D eigenvalue weighted by Gasteiger charge is 2.30. The first-order valence-electron chi connectivity index (χ1n) is 4.75. The Morgan fingerprint density at radius 1 is 1.20 bits per heavy atom. The molecule has 15 heavy (non-hydrogen) atoms. The van der Waals surface area contributed by atoms with Crippen LogP contribution in [-0.4, -0.2) is 20.8 Å². The predicted octanol–water partition coefficient (Wildman–Crippen LogP) is 2.13. The van der Waals surface area contributed by atoms with Gasteiger partial charge in [0.15, 0.2) is 5.79 Å². The van der Waals surface area contributed by atoms with E-state index in [1.807, 2.05) is 12.1 Å². The summed E-state index contributed by atoms with van der Waals surface area (Å²) in [6, 6.07) is 7.37. The Morgan fingerprint density at radius 3 is 2.13 bits per heavy atom. The van der Waals surface area contributed by atoms with E-state index in [1.165, 1.54) is 0 Å². The molecular weight excluding hydrogens is 214 g/mol. The summed E-state index contributed by atoms with van der Waals surface area (Å²) < 4.78 is 10.8. The van der Waals surface area contributed by atoms with E-state index in [9.17, 15) is 0 Å². The summed E-state index contributed by atoms with van der Waals surface area (Å²) in [5.41, 5.74) is 6.47. The lowest BCUT2D eigenvalue weighted by Gasteiger charge is -2.31. The summed E-state index contributed by atoms with van der Waals surface area (Å²) in [5.74, 6) is -0.765. The maximum absolute atomic E-state index is 5.82. The lowest BCUT2D eigenvalue weighted by Crippen LogP contribution is -2.33. The zero-order valence-corrected chi connectivity index (χ0v) is 9.75. The molecule has 3 nitrogen and oxygen atoms in total. The third-order valence-corrected chi connectivity index (χ3v) is 2.67. The average molecular weight is 230 g/mol. The highest BCUT2D eigenvalue weighted by Crippen LogP contribution is 2.30. The van der Waals surface area contributed by atoms with Crippen molar-refractivity contribution in [3.8, 4) is 0 Å². The summed E-state index contributed by atoms with van der Waals surface area (Å²) in [5, 5.41) is 0.688. The van der Waals surface area contributed by atoms with Gasteiger partial charge >= 0.3 is 0 Å². The molecule has 0 aromatic heterocycles. The van der Waals surface area contributed by atoms with E-state index in [0.717, 1.165) is 5.56 Å². The fourth-order valence-corrected chi connectivity index (χ4v) is 1.69. The number of rotatable bonds is 5. The highest BCUT2D eigenvalue weighted by atomic mass is 35.5. The second-order valence-corrected chi connectivity index (χ2v) is 3.64. The van der Waals surface area contributed by atoms with Crippen LogP contribution in [0.1, 0.15) is 12.0 Å². The first-order chi connectivity index (χ1) is 7.18. The molecule has 0 unspecified atom stereocenters. The van der Waals surface area contributed by atoms with Crippen molar-refractivity contribution < 1.29 is 9.47 Å². The Morgan fingerprint density at radius 2 is 1.73 bits per heavy atom. The van der Waals surface area contributed by atoms with Crippen LogP contribution in [0, 0.1) is 0 Å². The summed E-state index contributed by atoms with van der Waals surface area (Å²) in [6.45, 7) is 0.490. The van der Waals surface area contributed by atoms with E-state index < -0.39 is 5.79 Å². The van der Waals surface area contributed by atoms with Crippen LogP contribution in [0.5, 0.6) is 0 Å². The maximum Gasteiger partial charge on any atom is 0.195 e. The molecule has 84 valence electrons. The van der Waals surface area contributed by atoms with Gasteiger partial charge in [0, 0.05) is 31.2 Å². The zero-order valence-electron chi connectivity index (χ0n) is 9.00. The number of methoxy groups -OCH3 is 2. The molecule has 0 amide bonds. The van der Waals surface area contributed by atoms with Crippen molar-refractivity contribution in [3.63, 3.8) is 0 Å². The molecule has 0 saturated heterocycles. The fourth-order valence-electron chi connectivity index (χ4n) is 1.56. The SMILES string of the molecule is COC(CCN)(OC)c1ccc(Cl)cc1. The van der Waals surface area contributed by atoms with Crippen LogP contribution >= 0.6 is 11.6 Å². The smallest absolute Gasteiger partial charge is 0.195 e. The van der Waals surface area contributed by atoms with Gasteiger partial charge in [0.05, 0.1) is 0 Å². The number of halogens is 1. The second kappa shape index (κ2) is 5.47.